The molecule has 2 heterocycles. The van der Waals surface area contributed by atoms with Gasteiger partial charge >= 0.3 is 0 Å². The molecule has 4 rings (SSSR count). The van der Waals surface area contributed by atoms with Crippen LogP contribution in [0.5, 0.6) is 0 Å². The van der Waals surface area contributed by atoms with E-state index in [1.54, 1.807) is 11.8 Å². The highest BCUT2D eigenvalue weighted by Crippen LogP contribution is 2.30. The lowest BCUT2D eigenvalue weighted by molar-refractivity contribution is 0.277. The third-order valence-electron chi connectivity index (χ3n) is 4.52. The van der Waals surface area contributed by atoms with Gasteiger partial charge in [-0.15, -0.1) is 11.8 Å². The fourth-order valence-electron chi connectivity index (χ4n) is 3.34. The molecule has 0 spiro atoms. The average molecular weight is 315 g/mol. The van der Waals surface area contributed by atoms with E-state index in [0.717, 1.165) is 16.5 Å². The first kappa shape index (κ1) is 14.2. The second-order valence-electron chi connectivity index (χ2n) is 6.16. The van der Waals surface area contributed by atoms with E-state index < -0.39 is 0 Å². The minimum Gasteiger partial charge on any atom is -0.394 e. The number of aromatic amines is 1. The van der Waals surface area contributed by atoms with Crippen molar-refractivity contribution in [1.29, 1.82) is 0 Å². The van der Waals surface area contributed by atoms with Crippen molar-refractivity contribution in [1.82, 2.24) is 4.98 Å². The van der Waals surface area contributed by atoms with Gasteiger partial charge in [-0.3, -0.25) is 4.99 Å². The Bertz CT molecular complexity index is 703. The molecule has 3 N–H and O–H groups in total. The number of H-pyrrole nitrogens is 1. The first-order chi connectivity index (χ1) is 10.8. The Morgan fingerprint density at radius 1 is 1.32 bits per heavy atom. The summed E-state index contributed by atoms with van der Waals surface area (Å²) in [6, 6.07) is 9.22. The Hall–Kier alpha value is -1.46. The molecule has 0 radical (unpaired) electrons. The van der Waals surface area contributed by atoms with Gasteiger partial charge in [0.1, 0.15) is 5.04 Å². The topological polar surface area (TPSA) is 60.4 Å². The minimum absolute atomic E-state index is 0.0440. The van der Waals surface area contributed by atoms with E-state index in [2.05, 4.69) is 39.6 Å². The summed E-state index contributed by atoms with van der Waals surface area (Å²) in [5, 5.41) is 15.2. The van der Waals surface area contributed by atoms with Gasteiger partial charge in [0.2, 0.25) is 0 Å². The largest absolute Gasteiger partial charge is 0.394 e. The van der Waals surface area contributed by atoms with E-state index in [0.29, 0.717) is 6.04 Å². The van der Waals surface area contributed by atoms with E-state index >= 15 is 0 Å². The molecule has 4 nitrogen and oxygen atoms in total. The number of hydrogen-bond donors (Lipinski definition) is 3. The van der Waals surface area contributed by atoms with Crippen LogP contribution in [0.4, 0.5) is 5.69 Å². The monoisotopic (exact) mass is 315 g/mol. The summed E-state index contributed by atoms with van der Waals surface area (Å²) in [6.07, 6.45) is 5.20. The quantitative estimate of drug-likeness (QED) is 0.810. The summed E-state index contributed by atoms with van der Waals surface area (Å²) >= 11 is 1.72. The molecule has 116 valence electrons. The number of para-hydroxylation sites is 1. The Labute approximate surface area is 134 Å². The number of thioether (sulfide) groups is 1. The summed E-state index contributed by atoms with van der Waals surface area (Å²) in [7, 11) is 0. The van der Waals surface area contributed by atoms with Crippen LogP contribution in [0, 0.1) is 0 Å². The van der Waals surface area contributed by atoms with Gasteiger partial charge in [-0.2, -0.15) is 0 Å². The SMILES string of the molecule is OCC1CSC(c2cc3cccc(NC4CCCC4)c3[nH]2)=N1. The Morgan fingerprint density at radius 3 is 2.95 bits per heavy atom. The highest BCUT2D eigenvalue weighted by Gasteiger charge is 2.21. The predicted molar refractivity (Wildman–Crippen MR) is 94.0 cm³/mol. The fourth-order valence-corrected chi connectivity index (χ4v) is 4.36. The van der Waals surface area contributed by atoms with Gasteiger partial charge in [0.25, 0.3) is 0 Å². The zero-order chi connectivity index (χ0) is 14.9. The smallest absolute Gasteiger partial charge is 0.115 e. The second kappa shape index (κ2) is 5.97. The van der Waals surface area contributed by atoms with Crippen LogP contribution >= 0.6 is 11.8 Å². The maximum atomic E-state index is 9.23. The number of fused-ring (bicyclic) bond motifs is 1. The molecule has 1 saturated carbocycles. The highest BCUT2D eigenvalue weighted by atomic mass is 32.2. The molecule has 1 atom stereocenters. The number of aliphatic hydroxyl groups is 1. The first-order valence-electron chi connectivity index (χ1n) is 8.03. The summed E-state index contributed by atoms with van der Waals surface area (Å²) in [5.74, 6) is 0.869. The molecule has 1 aliphatic heterocycles. The summed E-state index contributed by atoms with van der Waals surface area (Å²) < 4.78 is 0. The van der Waals surface area contributed by atoms with Crippen LogP contribution in [0.15, 0.2) is 29.3 Å². The molecule has 0 saturated heterocycles. The van der Waals surface area contributed by atoms with E-state index in [9.17, 15) is 5.11 Å². The molecular formula is C17H21N3OS. The van der Waals surface area contributed by atoms with Gasteiger partial charge in [0.05, 0.1) is 29.5 Å². The van der Waals surface area contributed by atoms with Crippen molar-refractivity contribution >= 4 is 33.4 Å². The highest BCUT2D eigenvalue weighted by molar-refractivity contribution is 8.14. The van der Waals surface area contributed by atoms with Gasteiger partial charge in [0, 0.05) is 17.2 Å². The Morgan fingerprint density at radius 2 is 2.18 bits per heavy atom. The van der Waals surface area contributed by atoms with Crippen molar-refractivity contribution < 1.29 is 5.11 Å². The van der Waals surface area contributed by atoms with Gasteiger partial charge in [-0.05, 0) is 25.0 Å². The van der Waals surface area contributed by atoms with Crippen molar-refractivity contribution in [3.63, 3.8) is 0 Å². The first-order valence-corrected chi connectivity index (χ1v) is 9.02. The minimum atomic E-state index is 0.0440. The summed E-state index contributed by atoms with van der Waals surface area (Å²) in [6.45, 7) is 0.130. The van der Waals surface area contributed by atoms with Gasteiger partial charge < -0.3 is 15.4 Å². The number of nitrogens with zero attached hydrogens (tertiary/aromatic N) is 1. The number of aliphatic imine (C=N–C) groups is 1. The fraction of sp³-hybridized carbons (Fsp3) is 0.471. The zero-order valence-corrected chi connectivity index (χ0v) is 13.3. The van der Waals surface area contributed by atoms with Crippen LogP contribution in [-0.2, 0) is 0 Å². The molecule has 2 aliphatic rings. The van der Waals surface area contributed by atoms with Crippen molar-refractivity contribution in [3.05, 3.63) is 30.0 Å². The molecule has 22 heavy (non-hydrogen) atoms. The lowest BCUT2D eigenvalue weighted by Crippen LogP contribution is -2.14. The third kappa shape index (κ3) is 2.63. The normalized spacial score (nSPS) is 22.4. The Kier molecular flexibility index (Phi) is 3.84. The molecule has 1 aliphatic carbocycles. The van der Waals surface area contributed by atoms with E-state index in [1.807, 2.05) is 0 Å². The van der Waals surface area contributed by atoms with Crippen LogP contribution in [0.2, 0.25) is 0 Å². The molecule has 1 aromatic heterocycles. The van der Waals surface area contributed by atoms with Gasteiger partial charge in [-0.25, -0.2) is 0 Å². The number of aromatic nitrogens is 1. The maximum absolute atomic E-state index is 9.23. The predicted octanol–water partition coefficient (Wildman–Crippen LogP) is 3.38. The average Bonchev–Trinajstić information content (AvgIpc) is 3.27. The lowest BCUT2D eigenvalue weighted by atomic mass is 10.2. The standard InChI is InChI=1S/C17H21N3OS/c21-9-13-10-22-17(19-13)15-8-11-4-3-7-14(16(11)20-15)18-12-5-1-2-6-12/h3-4,7-8,12-13,18,20-21H,1-2,5-6,9-10H2. The summed E-state index contributed by atoms with van der Waals surface area (Å²) in [5.41, 5.74) is 3.43. The molecule has 2 aromatic rings. The molecule has 0 amide bonds. The lowest BCUT2D eigenvalue weighted by Gasteiger charge is -2.14. The molecule has 1 aromatic carbocycles. The second-order valence-corrected chi connectivity index (χ2v) is 7.17. The van der Waals surface area contributed by atoms with Crippen LogP contribution < -0.4 is 5.32 Å². The number of hydrogen-bond acceptors (Lipinski definition) is 4. The number of rotatable bonds is 4. The van der Waals surface area contributed by atoms with Crippen molar-refractivity contribution in [2.24, 2.45) is 4.99 Å². The van der Waals surface area contributed by atoms with E-state index in [1.165, 1.54) is 42.3 Å². The number of aliphatic hydroxyl groups excluding tert-OH is 1. The Balaban J connectivity index is 1.65. The van der Waals surface area contributed by atoms with Crippen LogP contribution in [0.1, 0.15) is 31.4 Å². The maximum Gasteiger partial charge on any atom is 0.115 e. The van der Waals surface area contributed by atoms with Crippen molar-refractivity contribution in [2.45, 2.75) is 37.8 Å². The number of anilines is 1. The molecule has 0 bridgehead atoms. The number of benzene rings is 1. The molecule has 5 heteroatoms. The van der Waals surface area contributed by atoms with Gasteiger partial charge in [0.15, 0.2) is 0 Å². The third-order valence-corrected chi connectivity index (χ3v) is 5.67. The van der Waals surface area contributed by atoms with Gasteiger partial charge in [-0.1, -0.05) is 25.0 Å². The van der Waals surface area contributed by atoms with E-state index in [4.69, 9.17) is 0 Å². The zero-order valence-electron chi connectivity index (χ0n) is 12.5. The molecule has 1 fully saturated rings. The molecule has 1 unspecified atom stereocenters. The summed E-state index contributed by atoms with van der Waals surface area (Å²) in [4.78, 5) is 8.11. The molecular weight excluding hydrogens is 294 g/mol. The van der Waals surface area contributed by atoms with Crippen LogP contribution in [0.3, 0.4) is 0 Å². The van der Waals surface area contributed by atoms with Crippen LogP contribution in [-0.4, -0.2) is 39.6 Å². The number of nitrogens with one attached hydrogen (secondary N) is 2. The van der Waals surface area contributed by atoms with Crippen molar-refractivity contribution in [3.8, 4) is 0 Å². The van der Waals surface area contributed by atoms with Crippen LogP contribution in [0.25, 0.3) is 10.9 Å². The van der Waals surface area contributed by atoms with E-state index in [-0.39, 0.29) is 12.6 Å². The van der Waals surface area contributed by atoms with Crippen molar-refractivity contribution in [2.75, 3.05) is 17.7 Å².